The van der Waals surface area contributed by atoms with E-state index in [0.29, 0.717) is 6.42 Å². The Morgan fingerprint density at radius 1 is 1.40 bits per heavy atom. The van der Waals surface area contributed by atoms with E-state index in [9.17, 15) is 8.42 Å². The third kappa shape index (κ3) is 7.51. The van der Waals surface area contributed by atoms with Gasteiger partial charge in [0.25, 0.3) is 0 Å². The largest absolute Gasteiger partial charge is 0.216 e. The van der Waals surface area contributed by atoms with Crippen molar-refractivity contribution in [3.63, 3.8) is 0 Å². The Balaban J connectivity index is 3.72. The topological polar surface area (TPSA) is 34.1 Å². The summed E-state index contributed by atoms with van der Waals surface area (Å²) in [6, 6.07) is 0. The van der Waals surface area contributed by atoms with Gasteiger partial charge in [-0.3, -0.25) is 0 Å². The molecule has 0 unspecified atom stereocenters. The minimum atomic E-state index is -3.07. The van der Waals surface area contributed by atoms with Crippen molar-refractivity contribution in [2.45, 2.75) is 26.2 Å². The van der Waals surface area contributed by atoms with Gasteiger partial charge in [0.05, 0.1) is 6.26 Å². The van der Waals surface area contributed by atoms with Crippen molar-refractivity contribution in [3.05, 3.63) is 0 Å². The van der Waals surface area contributed by atoms with E-state index in [4.69, 9.17) is 0 Å². The maximum Gasteiger partial charge on any atom is 0.213 e. The lowest BCUT2D eigenvalue weighted by Crippen LogP contribution is -1.88. The molecule has 0 saturated heterocycles. The van der Waals surface area contributed by atoms with E-state index < -0.39 is 9.84 Å². The third-order valence-electron chi connectivity index (χ3n) is 0.913. The summed E-state index contributed by atoms with van der Waals surface area (Å²) in [4.78, 5) is 0. The molecule has 0 fully saturated rings. The van der Waals surface area contributed by atoms with Crippen LogP contribution in [0.3, 0.4) is 0 Å². The van der Waals surface area contributed by atoms with Gasteiger partial charge in [-0.2, -0.15) is 0 Å². The predicted octanol–water partition coefficient (Wildman–Crippen LogP) is 1.18. The molecule has 0 aromatic heterocycles. The molecule has 10 heavy (non-hydrogen) atoms. The maximum absolute atomic E-state index is 10.4. The Morgan fingerprint density at radius 2 is 2.00 bits per heavy atom. The minimum absolute atomic E-state index is 0.684. The average molecular weight is 160 g/mol. The summed E-state index contributed by atoms with van der Waals surface area (Å²) in [5, 5.41) is 2.18. The van der Waals surface area contributed by atoms with Gasteiger partial charge in [0, 0.05) is 11.7 Å². The second kappa shape index (κ2) is 4.35. The molecule has 0 spiro atoms. The lowest BCUT2D eigenvalue weighted by Gasteiger charge is -1.82. The predicted molar refractivity (Wildman–Crippen MR) is 42.1 cm³/mol. The Labute approximate surface area is 62.6 Å². The molecule has 0 aliphatic heterocycles. The maximum atomic E-state index is 10.4. The van der Waals surface area contributed by atoms with Gasteiger partial charge in [0.15, 0.2) is 0 Å². The Morgan fingerprint density at radius 3 is 2.40 bits per heavy atom. The highest BCUT2D eigenvalue weighted by atomic mass is 32.2. The zero-order chi connectivity index (χ0) is 8.04. The summed E-state index contributed by atoms with van der Waals surface area (Å²) in [6.45, 7) is 2.04. The van der Waals surface area contributed by atoms with Crippen molar-refractivity contribution in [1.29, 1.82) is 0 Å². The Bertz CT molecular complexity index is 228. The number of hydrogen-bond donors (Lipinski definition) is 0. The summed E-state index contributed by atoms with van der Waals surface area (Å²) in [5.41, 5.74) is 0. The molecular formula is C7H12O2S. The number of hydrogen-bond acceptors (Lipinski definition) is 2. The quantitative estimate of drug-likeness (QED) is 0.345. The van der Waals surface area contributed by atoms with E-state index in [1.807, 2.05) is 6.92 Å². The van der Waals surface area contributed by atoms with E-state index in [-0.39, 0.29) is 0 Å². The molecule has 0 saturated carbocycles. The SMILES string of the molecule is CCCCC#CS(C)(=O)=O. The van der Waals surface area contributed by atoms with Crippen LogP contribution in [-0.2, 0) is 9.84 Å². The monoisotopic (exact) mass is 160 g/mol. The fourth-order valence-electron chi connectivity index (χ4n) is 0.447. The molecular weight excluding hydrogens is 148 g/mol. The van der Waals surface area contributed by atoms with Gasteiger partial charge in [-0.1, -0.05) is 19.3 Å². The van der Waals surface area contributed by atoms with E-state index in [2.05, 4.69) is 11.2 Å². The van der Waals surface area contributed by atoms with E-state index >= 15 is 0 Å². The Hall–Kier alpha value is -0.490. The standard InChI is InChI=1S/C7H12O2S/c1-3-4-5-6-7-10(2,8)9/h3-5H2,1-2H3. The van der Waals surface area contributed by atoms with Crippen molar-refractivity contribution < 1.29 is 8.42 Å². The first-order valence-corrected chi connectivity index (χ1v) is 5.15. The van der Waals surface area contributed by atoms with Gasteiger partial charge in [-0.25, -0.2) is 8.42 Å². The molecule has 0 rings (SSSR count). The summed E-state index contributed by atoms with van der Waals surface area (Å²) in [6.07, 6.45) is 3.83. The van der Waals surface area contributed by atoms with Gasteiger partial charge >= 0.3 is 0 Å². The second-order valence-electron chi connectivity index (χ2n) is 2.15. The van der Waals surface area contributed by atoms with Crippen molar-refractivity contribution in [2.24, 2.45) is 0 Å². The minimum Gasteiger partial charge on any atom is -0.216 e. The molecule has 0 amide bonds. The highest BCUT2D eigenvalue weighted by Gasteiger charge is 1.89. The normalized spacial score (nSPS) is 10.2. The van der Waals surface area contributed by atoms with E-state index in [1.165, 1.54) is 0 Å². The molecule has 58 valence electrons. The molecule has 0 N–H and O–H groups in total. The molecule has 0 bridgehead atoms. The highest BCUT2D eigenvalue weighted by Crippen LogP contribution is 1.90. The van der Waals surface area contributed by atoms with Gasteiger partial charge in [-0.05, 0) is 6.42 Å². The molecule has 0 atom stereocenters. The fraction of sp³-hybridized carbons (Fsp3) is 0.714. The summed E-state index contributed by atoms with van der Waals surface area (Å²) in [5.74, 6) is 2.59. The van der Waals surface area contributed by atoms with Gasteiger partial charge in [0.2, 0.25) is 9.84 Å². The first-order chi connectivity index (χ1) is 4.56. The van der Waals surface area contributed by atoms with Crippen LogP contribution in [0.4, 0.5) is 0 Å². The van der Waals surface area contributed by atoms with Crippen LogP contribution in [0.2, 0.25) is 0 Å². The summed E-state index contributed by atoms with van der Waals surface area (Å²) >= 11 is 0. The zero-order valence-corrected chi connectivity index (χ0v) is 7.16. The van der Waals surface area contributed by atoms with Gasteiger partial charge < -0.3 is 0 Å². The average Bonchev–Trinajstić information content (AvgIpc) is 1.78. The third-order valence-corrected chi connectivity index (χ3v) is 1.43. The highest BCUT2D eigenvalue weighted by molar-refractivity contribution is 7.95. The van der Waals surface area contributed by atoms with Crippen LogP contribution in [0.25, 0.3) is 0 Å². The van der Waals surface area contributed by atoms with E-state index in [1.54, 1.807) is 0 Å². The number of sulfone groups is 1. The molecule has 0 aliphatic rings. The number of unbranched alkanes of at least 4 members (excludes halogenated alkanes) is 2. The summed E-state index contributed by atoms with van der Waals surface area (Å²) < 4.78 is 20.8. The van der Waals surface area contributed by atoms with Crippen LogP contribution in [0.5, 0.6) is 0 Å². The molecule has 0 aromatic rings. The van der Waals surface area contributed by atoms with Crippen molar-refractivity contribution in [2.75, 3.05) is 6.26 Å². The molecule has 2 nitrogen and oxygen atoms in total. The van der Waals surface area contributed by atoms with Crippen LogP contribution in [0.1, 0.15) is 26.2 Å². The zero-order valence-electron chi connectivity index (χ0n) is 6.35. The lowest BCUT2D eigenvalue weighted by molar-refractivity contribution is 0.611. The lowest BCUT2D eigenvalue weighted by atomic mass is 10.3. The molecule has 0 aromatic carbocycles. The second-order valence-corrected chi connectivity index (χ2v) is 3.90. The van der Waals surface area contributed by atoms with Crippen LogP contribution in [0.15, 0.2) is 0 Å². The van der Waals surface area contributed by atoms with Gasteiger partial charge in [0.1, 0.15) is 0 Å². The van der Waals surface area contributed by atoms with Crippen molar-refractivity contribution >= 4 is 9.84 Å². The number of rotatable bonds is 2. The molecule has 0 heterocycles. The van der Waals surface area contributed by atoms with Crippen LogP contribution >= 0.6 is 0 Å². The molecule has 0 aliphatic carbocycles. The van der Waals surface area contributed by atoms with Gasteiger partial charge in [-0.15, -0.1) is 0 Å². The summed E-state index contributed by atoms with van der Waals surface area (Å²) in [7, 11) is -3.07. The fourth-order valence-corrected chi connectivity index (χ4v) is 0.812. The Kier molecular flexibility index (Phi) is 4.13. The van der Waals surface area contributed by atoms with Crippen LogP contribution in [-0.4, -0.2) is 14.7 Å². The first kappa shape index (κ1) is 9.51. The van der Waals surface area contributed by atoms with Crippen molar-refractivity contribution in [3.8, 4) is 11.2 Å². The van der Waals surface area contributed by atoms with Crippen LogP contribution in [0, 0.1) is 11.2 Å². The molecule has 0 radical (unpaired) electrons. The smallest absolute Gasteiger partial charge is 0.213 e. The van der Waals surface area contributed by atoms with Crippen LogP contribution < -0.4 is 0 Å². The van der Waals surface area contributed by atoms with E-state index in [0.717, 1.165) is 19.1 Å². The van der Waals surface area contributed by atoms with Crippen molar-refractivity contribution in [1.82, 2.24) is 0 Å². The first-order valence-electron chi connectivity index (χ1n) is 3.26. The molecule has 3 heteroatoms.